The molecule has 0 bridgehead atoms. The van der Waals surface area contributed by atoms with Gasteiger partial charge in [-0.1, -0.05) is 30.3 Å². The monoisotopic (exact) mass is 350 g/mol. The molecule has 0 N–H and O–H groups in total. The summed E-state index contributed by atoms with van der Waals surface area (Å²) in [5.74, 6) is 0.624. The number of piperidine rings is 2. The van der Waals surface area contributed by atoms with E-state index < -0.39 is 0 Å². The number of rotatable bonds is 4. The zero-order chi connectivity index (χ0) is 17.8. The Kier molecular flexibility index (Phi) is 5.25. The molecule has 26 heavy (non-hydrogen) atoms. The summed E-state index contributed by atoms with van der Waals surface area (Å²) in [5, 5.41) is 0. The van der Waals surface area contributed by atoms with E-state index in [1.807, 2.05) is 0 Å². The van der Waals surface area contributed by atoms with Crippen molar-refractivity contribution in [1.29, 1.82) is 0 Å². The molecular formula is C21H26N4O. The van der Waals surface area contributed by atoms with Crippen molar-refractivity contribution in [3.8, 4) is 0 Å². The van der Waals surface area contributed by atoms with Crippen LogP contribution in [0.3, 0.4) is 0 Å². The second-order valence-electron chi connectivity index (χ2n) is 7.38. The molecule has 3 heterocycles. The summed E-state index contributed by atoms with van der Waals surface area (Å²) in [6.07, 6.45) is 9.26. The van der Waals surface area contributed by atoms with Gasteiger partial charge < -0.3 is 9.80 Å². The highest BCUT2D eigenvalue weighted by Crippen LogP contribution is 2.31. The lowest BCUT2D eigenvalue weighted by Crippen LogP contribution is -2.56. The number of nitrogens with zero attached hydrogens (tertiary/aromatic N) is 4. The number of fused-ring (bicyclic) bond motifs is 1. The number of hydrogen-bond acceptors (Lipinski definition) is 4. The second kappa shape index (κ2) is 7.96. The van der Waals surface area contributed by atoms with Crippen LogP contribution in [0.1, 0.15) is 35.3 Å². The fourth-order valence-corrected chi connectivity index (χ4v) is 4.42. The average molecular weight is 350 g/mol. The zero-order valence-electron chi connectivity index (χ0n) is 15.1. The maximum Gasteiger partial charge on any atom is 0.274 e. The van der Waals surface area contributed by atoms with Crippen LogP contribution in [0.4, 0.5) is 0 Å². The molecule has 0 spiro atoms. The number of likely N-dealkylation sites (tertiary alicyclic amines) is 2. The summed E-state index contributed by atoms with van der Waals surface area (Å²) in [4.78, 5) is 25.7. The first kappa shape index (κ1) is 17.2. The number of hydrogen-bond donors (Lipinski definition) is 0. The predicted octanol–water partition coefficient (Wildman–Crippen LogP) is 2.65. The van der Waals surface area contributed by atoms with Gasteiger partial charge in [-0.05, 0) is 37.2 Å². The van der Waals surface area contributed by atoms with Gasteiger partial charge in [0.1, 0.15) is 5.69 Å². The summed E-state index contributed by atoms with van der Waals surface area (Å²) in [6.45, 7) is 4.12. The molecule has 1 aromatic carbocycles. The van der Waals surface area contributed by atoms with Crippen LogP contribution in [0.5, 0.6) is 0 Å². The zero-order valence-corrected chi connectivity index (χ0v) is 15.1. The van der Waals surface area contributed by atoms with E-state index in [4.69, 9.17) is 0 Å². The number of benzene rings is 1. The summed E-state index contributed by atoms with van der Waals surface area (Å²) < 4.78 is 0. The normalized spacial score (nSPS) is 23.5. The molecule has 2 fully saturated rings. The van der Waals surface area contributed by atoms with Crippen molar-refractivity contribution < 1.29 is 4.79 Å². The Morgan fingerprint density at radius 1 is 1.12 bits per heavy atom. The first-order valence-electron chi connectivity index (χ1n) is 9.64. The Bertz CT molecular complexity index is 721. The van der Waals surface area contributed by atoms with Crippen LogP contribution in [0.15, 0.2) is 48.9 Å². The number of aromatic nitrogens is 2. The molecule has 5 nitrogen and oxygen atoms in total. The molecular weight excluding hydrogens is 324 g/mol. The fourth-order valence-electron chi connectivity index (χ4n) is 4.42. The van der Waals surface area contributed by atoms with Crippen molar-refractivity contribution in [2.45, 2.75) is 31.7 Å². The van der Waals surface area contributed by atoms with E-state index in [0.29, 0.717) is 17.7 Å². The smallest absolute Gasteiger partial charge is 0.274 e. The Balaban J connectivity index is 1.37. The molecule has 136 valence electrons. The van der Waals surface area contributed by atoms with Crippen LogP contribution in [-0.2, 0) is 6.42 Å². The minimum absolute atomic E-state index is 0.0468. The molecule has 0 unspecified atom stereocenters. The van der Waals surface area contributed by atoms with Crippen molar-refractivity contribution in [1.82, 2.24) is 19.8 Å². The Morgan fingerprint density at radius 3 is 2.81 bits per heavy atom. The van der Waals surface area contributed by atoms with Crippen LogP contribution < -0.4 is 0 Å². The Morgan fingerprint density at radius 2 is 2.00 bits per heavy atom. The van der Waals surface area contributed by atoms with Gasteiger partial charge >= 0.3 is 0 Å². The van der Waals surface area contributed by atoms with E-state index in [9.17, 15) is 4.79 Å². The predicted molar refractivity (Wildman–Crippen MR) is 101 cm³/mol. The molecule has 2 atom stereocenters. The van der Waals surface area contributed by atoms with Gasteiger partial charge in [0.25, 0.3) is 5.91 Å². The van der Waals surface area contributed by atoms with Gasteiger partial charge in [-0.3, -0.25) is 9.78 Å². The van der Waals surface area contributed by atoms with E-state index in [1.165, 1.54) is 12.0 Å². The molecule has 2 aliphatic heterocycles. The maximum atomic E-state index is 12.9. The highest BCUT2D eigenvalue weighted by molar-refractivity contribution is 5.92. The molecule has 2 aromatic rings. The lowest BCUT2D eigenvalue weighted by Gasteiger charge is -2.47. The average Bonchev–Trinajstić information content (AvgIpc) is 2.72. The number of carbonyl (C=O) groups excluding carboxylic acids is 1. The Hall–Kier alpha value is -2.27. The minimum Gasteiger partial charge on any atom is -0.334 e. The van der Waals surface area contributed by atoms with E-state index in [0.717, 1.165) is 45.4 Å². The molecule has 2 aliphatic rings. The highest BCUT2D eigenvalue weighted by atomic mass is 16.2. The topological polar surface area (TPSA) is 49.3 Å². The van der Waals surface area contributed by atoms with Gasteiger partial charge in [-0.2, -0.15) is 0 Å². The third kappa shape index (κ3) is 3.78. The van der Waals surface area contributed by atoms with Crippen molar-refractivity contribution in [3.05, 3.63) is 60.2 Å². The molecule has 2 saturated heterocycles. The van der Waals surface area contributed by atoms with Crippen molar-refractivity contribution in [2.75, 3.05) is 26.2 Å². The molecule has 0 aliphatic carbocycles. The quantitative estimate of drug-likeness (QED) is 0.851. The molecule has 1 aromatic heterocycles. The van der Waals surface area contributed by atoms with E-state index in [2.05, 4.69) is 50.1 Å². The van der Waals surface area contributed by atoms with Gasteiger partial charge in [0.15, 0.2) is 0 Å². The van der Waals surface area contributed by atoms with Crippen molar-refractivity contribution >= 4 is 5.91 Å². The van der Waals surface area contributed by atoms with Crippen LogP contribution in [0, 0.1) is 5.92 Å². The van der Waals surface area contributed by atoms with Crippen molar-refractivity contribution in [2.24, 2.45) is 5.92 Å². The molecule has 5 heteroatoms. The first-order valence-corrected chi connectivity index (χ1v) is 9.64. The third-order valence-electron chi connectivity index (χ3n) is 5.75. The SMILES string of the molecule is O=C(c1cnccn1)N1CCC[C@@H]2CN(CCc3ccccc3)CC[C@@H]21. The summed E-state index contributed by atoms with van der Waals surface area (Å²) >= 11 is 0. The van der Waals surface area contributed by atoms with Crippen LogP contribution in [0.25, 0.3) is 0 Å². The van der Waals surface area contributed by atoms with Gasteiger partial charge in [-0.25, -0.2) is 4.98 Å². The number of carbonyl (C=O) groups is 1. The minimum atomic E-state index is 0.0468. The van der Waals surface area contributed by atoms with Gasteiger partial charge in [-0.15, -0.1) is 0 Å². The fraction of sp³-hybridized carbons (Fsp3) is 0.476. The van der Waals surface area contributed by atoms with Gasteiger partial charge in [0.05, 0.1) is 6.20 Å². The number of amides is 1. The molecule has 0 saturated carbocycles. The summed E-state index contributed by atoms with van der Waals surface area (Å²) in [6, 6.07) is 11.0. The molecule has 0 radical (unpaired) electrons. The Labute approximate surface area is 155 Å². The van der Waals surface area contributed by atoms with E-state index >= 15 is 0 Å². The maximum absolute atomic E-state index is 12.9. The summed E-state index contributed by atoms with van der Waals surface area (Å²) in [5.41, 5.74) is 1.87. The largest absolute Gasteiger partial charge is 0.334 e. The lowest BCUT2D eigenvalue weighted by molar-refractivity contribution is 0.0200. The van der Waals surface area contributed by atoms with Crippen LogP contribution in [-0.4, -0.2) is 57.9 Å². The molecule has 4 rings (SSSR count). The summed E-state index contributed by atoms with van der Waals surface area (Å²) in [7, 11) is 0. The second-order valence-corrected chi connectivity index (χ2v) is 7.38. The van der Waals surface area contributed by atoms with E-state index in [1.54, 1.807) is 18.6 Å². The standard InChI is InChI=1S/C21H26N4O/c26-21(19-15-22-10-11-23-19)25-12-4-7-18-16-24(14-9-20(18)25)13-8-17-5-2-1-3-6-17/h1-3,5-6,10-11,15,18,20H,4,7-9,12-14,16H2/t18-,20+/m1/s1. The van der Waals surface area contributed by atoms with Gasteiger partial charge in [0, 0.05) is 44.6 Å². The van der Waals surface area contributed by atoms with Crippen molar-refractivity contribution in [3.63, 3.8) is 0 Å². The van der Waals surface area contributed by atoms with Gasteiger partial charge in [0.2, 0.25) is 0 Å². The third-order valence-corrected chi connectivity index (χ3v) is 5.75. The van der Waals surface area contributed by atoms with Crippen LogP contribution >= 0.6 is 0 Å². The first-order chi connectivity index (χ1) is 12.8. The van der Waals surface area contributed by atoms with E-state index in [-0.39, 0.29) is 5.91 Å². The highest BCUT2D eigenvalue weighted by Gasteiger charge is 2.38. The van der Waals surface area contributed by atoms with Crippen LogP contribution in [0.2, 0.25) is 0 Å². The lowest BCUT2D eigenvalue weighted by atomic mass is 9.83. The molecule has 1 amide bonds.